The Kier molecular flexibility index (Phi) is 16.2. The molecule has 0 saturated heterocycles. The maximum absolute atomic E-state index is 12.9. The summed E-state index contributed by atoms with van der Waals surface area (Å²) in [5.74, 6) is -1.03. The van der Waals surface area contributed by atoms with E-state index < -0.39 is 37.9 Å². The summed E-state index contributed by atoms with van der Waals surface area (Å²) in [4.78, 5) is 24.7. The lowest BCUT2D eigenvalue weighted by Gasteiger charge is -2.23. The molecule has 10 heteroatoms. The minimum atomic E-state index is -3.94. The summed E-state index contributed by atoms with van der Waals surface area (Å²) in [6.45, 7) is 10.1. The molecule has 0 aliphatic carbocycles. The van der Waals surface area contributed by atoms with Crippen molar-refractivity contribution in [3.8, 4) is 0 Å². The van der Waals surface area contributed by atoms with E-state index in [2.05, 4.69) is 56.0 Å². The summed E-state index contributed by atoms with van der Waals surface area (Å²) in [5.41, 5.74) is 3.96. The second kappa shape index (κ2) is 17.9. The number of allylic oxidation sites excluding steroid dienone is 5. The Labute approximate surface area is 246 Å². The molecule has 0 fully saturated rings. The third-order valence-electron chi connectivity index (χ3n) is 5.65. The SMILES string of the molecule is CC(C)=CCC/C(C)=C/CC/C(C)=C/CSC[C@H](NC(=O)[C@@H](NS(=O)(=O)c1ccccc1)[C@@H](C)I)C(=O)O. The molecule has 0 aliphatic rings. The number of rotatable bonds is 17. The molecule has 212 valence electrons. The summed E-state index contributed by atoms with van der Waals surface area (Å²) in [5, 5.41) is 12.1. The molecule has 38 heavy (non-hydrogen) atoms. The summed E-state index contributed by atoms with van der Waals surface area (Å²) in [6, 6.07) is 5.50. The summed E-state index contributed by atoms with van der Waals surface area (Å²) in [6.07, 6.45) is 10.6. The van der Waals surface area contributed by atoms with Crippen LogP contribution in [0.15, 0.2) is 70.2 Å². The molecule has 1 aromatic rings. The second-order valence-corrected chi connectivity index (χ2v) is 14.2. The highest BCUT2D eigenvalue weighted by Gasteiger charge is 2.32. The number of carboxylic acids is 1. The van der Waals surface area contributed by atoms with Crippen molar-refractivity contribution < 1.29 is 23.1 Å². The Balaban J connectivity index is 2.61. The average Bonchev–Trinajstić information content (AvgIpc) is 2.84. The van der Waals surface area contributed by atoms with Gasteiger partial charge in [0.2, 0.25) is 15.9 Å². The maximum Gasteiger partial charge on any atom is 0.327 e. The zero-order valence-electron chi connectivity index (χ0n) is 22.9. The fourth-order valence-electron chi connectivity index (χ4n) is 3.35. The number of hydrogen-bond donors (Lipinski definition) is 3. The van der Waals surface area contributed by atoms with E-state index in [1.54, 1.807) is 25.1 Å². The Morgan fingerprint density at radius 1 is 1.00 bits per heavy atom. The number of sulfonamides is 1. The number of alkyl halides is 1. The molecule has 0 aromatic heterocycles. The average molecular weight is 677 g/mol. The number of carboxylic acid groups (broad SMARTS) is 1. The van der Waals surface area contributed by atoms with Crippen LogP contribution in [0.5, 0.6) is 0 Å². The minimum Gasteiger partial charge on any atom is -0.480 e. The van der Waals surface area contributed by atoms with Gasteiger partial charge < -0.3 is 10.4 Å². The lowest BCUT2D eigenvalue weighted by Crippen LogP contribution is -2.55. The van der Waals surface area contributed by atoms with E-state index in [1.807, 2.05) is 22.6 Å². The summed E-state index contributed by atoms with van der Waals surface area (Å²) < 4.78 is 27.4. The van der Waals surface area contributed by atoms with Crippen molar-refractivity contribution >= 4 is 56.3 Å². The largest absolute Gasteiger partial charge is 0.480 e. The van der Waals surface area contributed by atoms with Crippen LogP contribution < -0.4 is 10.0 Å². The van der Waals surface area contributed by atoms with Gasteiger partial charge in [-0.05, 0) is 65.5 Å². The van der Waals surface area contributed by atoms with Crippen molar-refractivity contribution in [3.63, 3.8) is 0 Å². The third kappa shape index (κ3) is 14.0. The first-order valence-corrected chi connectivity index (χ1v) is 16.5. The summed E-state index contributed by atoms with van der Waals surface area (Å²) >= 11 is 3.36. The predicted molar refractivity (Wildman–Crippen MR) is 166 cm³/mol. The Morgan fingerprint density at radius 3 is 2.13 bits per heavy atom. The molecule has 0 saturated carbocycles. The van der Waals surface area contributed by atoms with Gasteiger partial charge in [0, 0.05) is 15.4 Å². The maximum atomic E-state index is 12.9. The van der Waals surface area contributed by atoms with Crippen molar-refractivity contribution in [1.29, 1.82) is 0 Å². The fraction of sp³-hybridized carbons (Fsp3) is 0.500. The van der Waals surface area contributed by atoms with Crippen molar-refractivity contribution in [1.82, 2.24) is 10.0 Å². The minimum absolute atomic E-state index is 0.0386. The number of benzene rings is 1. The van der Waals surface area contributed by atoms with Crippen LogP contribution in [-0.4, -0.2) is 52.9 Å². The van der Waals surface area contributed by atoms with E-state index in [1.165, 1.54) is 40.6 Å². The van der Waals surface area contributed by atoms with Crippen LogP contribution in [0.25, 0.3) is 0 Å². The Morgan fingerprint density at radius 2 is 1.58 bits per heavy atom. The molecule has 3 atom stereocenters. The van der Waals surface area contributed by atoms with Crippen molar-refractivity contribution in [2.75, 3.05) is 11.5 Å². The van der Waals surface area contributed by atoms with Crippen molar-refractivity contribution in [2.45, 2.75) is 81.2 Å². The fourth-order valence-corrected chi connectivity index (χ4v) is 6.40. The summed E-state index contributed by atoms with van der Waals surface area (Å²) in [7, 11) is -3.94. The number of aliphatic carboxylic acids is 1. The van der Waals surface area contributed by atoms with Crippen LogP contribution >= 0.6 is 34.4 Å². The third-order valence-corrected chi connectivity index (χ3v) is 8.80. The molecule has 0 radical (unpaired) electrons. The van der Waals surface area contributed by atoms with Gasteiger partial charge in [-0.1, -0.05) is 82.7 Å². The van der Waals surface area contributed by atoms with E-state index >= 15 is 0 Å². The number of amides is 1. The van der Waals surface area contributed by atoms with Gasteiger partial charge in [0.1, 0.15) is 12.1 Å². The van der Waals surface area contributed by atoms with Crippen molar-refractivity contribution in [2.24, 2.45) is 0 Å². The topological polar surface area (TPSA) is 113 Å². The van der Waals surface area contributed by atoms with E-state index in [0.717, 1.165) is 25.7 Å². The van der Waals surface area contributed by atoms with Crippen LogP contribution in [-0.2, 0) is 19.6 Å². The van der Waals surface area contributed by atoms with E-state index in [4.69, 9.17) is 0 Å². The molecular formula is C28H41IN2O5S2. The van der Waals surface area contributed by atoms with Crippen LogP contribution in [0, 0.1) is 0 Å². The van der Waals surface area contributed by atoms with Gasteiger partial charge in [0.25, 0.3) is 0 Å². The molecule has 1 rings (SSSR count). The molecule has 1 aromatic carbocycles. The van der Waals surface area contributed by atoms with Gasteiger partial charge in [-0.2, -0.15) is 16.5 Å². The zero-order chi connectivity index (χ0) is 28.7. The first kappa shape index (κ1) is 34.4. The number of carbonyl (C=O) groups is 2. The van der Waals surface area contributed by atoms with E-state index in [0.29, 0.717) is 5.75 Å². The molecular weight excluding hydrogens is 635 g/mol. The highest BCUT2D eigenvalue weighted by Crippen LogP contribution is 2.15. The molecule has 0 unspecified atom stereocenters. The Bertz CT molecular complexity index is 1100. The van der Waals surface area contributed by atoms with Gasteiger partial charge in [0.15, 0.2) is 0 Å². The van der Waals surface area contributed by atoms with Crippen LogP contribution in [0.4, 0.5) is 0 Å². The standard InChI is InChI=1S/C28H41IN2O5S2/c1-20(2)11-9-12-21(3)13-10-14-22(4)17-18-37-19-25(28(33)34)30-27(32)26(23(5)29)31-38(35,36)24-15-7-6-8-16-24/h6-8,11,13,15-17,23,25-26,31H,9-10,12,14,18-19H2,1-5H3,(H,30,32)(H,33,34)/b21-13+,22-17+/t23-,25+,26+/m1/s1. The van der Waals surface area contributed by atoms with Gasteiger partial charge in [0.05, 0.1) is 4.90 Å². The smallest absolute Gasteiger partial charge is 0.327 e. The van der Waals surface area contributed by atoms with Gasteiger partial charge in [-0.15, -0.1) is 0 Å². The first-order chi connectivity index (χ1) is 17.8. The van der Waals surface area contributed by atoms with Crippen LogP contribution in [0.1, 0.15) is 60.3 Å². The highest BCUT2D eigenvalue weighted by atomic mass is 127. The van der Waals surface area contributed by atoms with Crippen molar-refractivity contribution in [3.05, 3.63) is 65.3 Å². The molecule has 0 bridgehead atoms. The number of halogens is 1. The zero-order valence-corrected chi connectivity index (χ0v) is 26.7. The highest BCUT2D eigenvalue weighted by molar-refractivity contribution is 14.1. The molecule has 1 amide bonds. The van der Waals surface area contributed by atoms with Crippen LogP contribution in [0.3, 0.4) is 0 Å². The molecule has 0 aliphatic heterocycles. The number of nitrogens with one attached hydrogen (secondary N) is 2. The van der Waals surface area contributed by atoms with Crippen LogP contribution in [0.2, 0.25) is 0 Å². The normalized spacial score (nSPS) is 14.9. The Hall–Kier alpha value is -1.63. The van der Waals surface area contributed by atoms with E-state index in [-0.39, 0.29) is 10.6 Å². The van der Waals surface area contributed by atoms with E-state index in [9.17, 15) is 23.1 Å². The molecule has 0 spiro atoms. The first-order valence-electron chi connectivity index (χ1n) is 12.6. The van der Waals surface area contributed by atoms with Gasteiger partial charge in [-0.25, -0.2) is 13.2 Å². The number of hydrogen-bond acceptors (Lipinski definition) is 5. The molecule has 0 heterocycles. The predicted octanol–water partition coefficient (Wildman–Crippen LogP) is 5.88. The molecule has 3 N–H and O–H groups in total. The number of thioether (sulfide) groups is 1. The quantitative estimate of drug-likeness (QED) is 0.0823. The monoisotopic (exact) mass is 676 g/mol. The second-order valence-electron chi connectivity index (χ2n) is 9.49. The number of carbonyl (C=O) groups excluding carboxylic acids is 1. The molecule has 7 nitrogen and oxygen atoms in total. The lowest BCUT2D eigenvalue weighted by molar-refractivity contribution is -0.141. The van der Waals surface area contributed by atoms with Gasteiger partial charge in [-0.3, -0.25) is 4.79 Å². The lowest BCUT2D eigenvalue weighted by atomic mass is 10.1. The van der Waals surface area contributed by atoms with Gasteiger partial charge >= 0.3 is 5.97 Å².